The molecule has 0 aliphatic rings. The zero-order valence-corrected chi connectivity index (χ0v) is 12.8. The predicted octanol–water partition coefficient (Wildman–Crippen LogP) is 3.15. The van der Waals surface area contributed by atoms with Crippen LogP contribution in [-0.2, 0) is 11.3 Å². The van der Waals surface area contributed by atoms with Crippen LogP contribution in [0.5, 0.6) is 0 Å². The number of nitrogens with one attached hydrogen (secondary N) is 1. The van der Waals surface area contributed by atoms with Crippen molar-refractivity contribution < 1.29 is 4.79 Å². The summed E-state index contributed by atoms with van der Waals surface area (Å²) in [5.41, 5.74) is 4.33. The third-order valence-corrected chi connectivity index (χ3v) is 3.78. The lowest BCUT2D eigenvalue weighted by molar-refractivity contribution is -0.120. The maximum absolute atomic E-state index is 11.5. The lowest BCUT2D eigenvalue weighted by Crippen LogP contribution is -2.19. The van der Waals surface area contributed by atoms with Crippen molar-refractivity contribution >= 4 is 16.8 Å². The van der Waals surface area contributed by atoms with Crippen molar-refractivity contribution in [1.29, 1.82) is 0 Å². The average molecular weight is 293 g/mol. The fraction of sp³-hybridized carbons (Fsp3) is 0.222. The molecule has 1 amide bonds. The molecule has 0 bridgehead atoms. The molecule has 0 saturated carbocycles. The number of hydrogen-bond acceptors (Lipinski definition) is 2. The van der Waals surface area contributed by atoms with Gasteiger partial charge in [-0.3, -0.25) is 9.48 Å². The Bertz CT molecular complexity index is 806. The van der Waals surface area contributed by atoms with Gasteiger partial charge in [0.15, 0.2) is 0 Å². The van der Waals surface area contributed by atoms with Gasteiger partial charge in [0.2, 0.25) is 5.91 Å². The van der Waals surface area contributed by atoms with Crippen LogP contribution in [0.4, 0.5) is 0 Å². The molecule has 0 radical (unpaired) electrons. The van der Waals surface area contributed by atoms with Crippen molar-refractivity contribution in [2.45, 2.75) is 19.9 Å². The average Bonchev–Trinajstić information content (AvgIpc) is 2.91. The Kier molecular flexibility index (Phi) is 3.92. The second-order valence-electron chi connectivity index (χ2n) is 5.38. The van der Waals surface area contributed by atoms with E-state index in [4.69, 9.17) is 5.10 Å². The largest absolute Gasteiger partial charge is 0.359 e. The number of carbonyl (C=O) groups is 1. The smallest absolute Gasteiger partial charge is 0.221 e. The Morgan fingerprint density at radius 2 is 1.95 bits per heavy atom. The summed E-state index contributed by atoms with van der Waals surface area (Å²) in [5, 5.41) is 8.52. The molecule has 0 spiro atoms. The first kappa shape index (κ1) is 14.3. The van der Waals surface area contributed by atoms with Crippen LogP contribution in [0, 0.1) is 6.92 Å². The highest BCUT2D eigenvalue weighted by Gasteiger charge is 2.13. The minimum Gasteiger partial charge on any atom is -0.359 e. The van der Waals surface area contributed by atoms with Gasteiger partial charge in [-0.25, -0.2) is 0 Å². The Morgan fingerprint density at radius 3 is 2.68 bits per heavy atom. The van der Waals surface area contributed by atoms with Gasteiger partial charge in [0, 0.05) is 24.4 Å². The summed E-state index contributed by atoms with van der Waals surface area (Å²) in [4.78, 5) is 11.5. The second-order valence-corrected chi connectivity index (χ2v) is 5.38. The van der Waals surface area contributed by atoms with Crippen LogP contribution in [-0.4, -0.2) is 22.7 Å². The third-order valence-electron chi connectivity index (χ3n) is 3.78. The molecule has 3 aromatic rings. The van der Waals surface area contributed by atoms with E-state index in [0.717, 1.165) is 22.2 Å². The van der Waals surface area contributed by atoms with Crippen LogP contribution >= 0.6 is 0 Å². The molecule has 22 heavy (non-hydrogen) atoms. The van der Waals surface area contributed by atoms with Gasteiger partial charge < -0.3 is 5.32 Å². The molecule has 0 fully saturated rings. The molecule has 3 rings (SSSR count). The van der Waals surface area contributed by atoms with Gasteiger partial charge in [-0.1, -0.05) is 42.0 Å². The van der Waals surface area contributed by atoms with Crippen molar-refractivity contribution in [2.24, 2.45) is 0 Å². The van der Waals surface area contributed by atoms with E-state index in [1.165, 1.54) is 5.56 Å². The van der Waals surface area contributed by atoms with E-state index in [2.05, 4.69) is 42.6 Å². The van der Waals surface area contributed by atoms with Crippen molar-refractivity contribution in [3.05, 3.63) is 54.1 Å². The number of aryl methyl sites for hydroxylation is 2. The van der Waals surface area contributed by atoms with Gasteiger partial charge in [-0.2, -0.15) is 5.10 Å². The molecule has 1 N–H and O–H groups in total. The van der Waals surface area contributed by atoms with E-state index in [1.807, 2.05) is 22.9 Å². The number of benzene rings is 2. The fourth-order valence-electron chi connectivity index (χ4n) is 2.61. The molecule has 0 aliphatic heterocycles. The SMILES string of the molecule is CNC(=O)CCn1nc(-c2ccccc2)c2cc(C)ccc21. The molecule has 0 atom stereocenters. The van der Waals surface area contributed by atoms with Crippen LogP contribution in [0.1, 0.15) is 12.0 Å². The Balaban J connectivity index is 2.08. The van der Waals surface area contributed by atoms with Crippen LogP contribution in [0.15, 0.2) is 48.5 Å². The molecular formula is C18H19N3O. The molecule has 4 nitrogen and oxygen atoms in total. The highest BCUT2D eigenvalue weighted by Crippen LogP contribution is 2.28. The van der Waals surface area contributed by atoms with Crippen LogP contribution < -0.4 is 5.32 Å². The van der Waals surface area contributed by atoms with Gasteiger partial charge in [-0.05, 0) is 19.1 Å². The summed E-state index contributed by atoms with van der Waals surface area (Å²) in [5.74, 6) is 0.0250. The number of aromatic nitrogens is 2. The van der Waals surface area contributed by atoms with E-state index in [9.17, 15) is 4.79 Å². The normalized spacial score (nSPS) is 10.8. The first-order valence-corrected chi connectivity index (χ1v) is 7.42. The van der Waals surface area contributed by atoms with E-state index in [-0.39, 0.29) is 5.91 Å². The summed E-state index contributed by atoms with van der Waals surface area (Å²) in [6.07, 6.45) is 0.426. The minimum absolute atomic E-state index is 0.0250. The molecule has 4 heteroatoms. The maximum atomic E-state index is 11.5. The Hall–Kier alpha value is -2.62. The molecule has 112 valence electrons. The number of rotatable bonds is 4. The van der Waals surface area contributed by atoms with Gasteiger partial charge in [0.25, 0.3) is 0 Å². The van der Waals surface area contributed by atoms with Crippen molar-refractivity contribution in [2.75, 3.05) is 7.05 Å². The van der Waals surface area contributed by atoms with Crippen LogP contribution in [0.25, 0.3) is 22.2 Å². The molecule has 1 aromatic heterocycles. The fourth-order valence-corrected chi connectivity index (χ4v) is 2.61. The standard InChI is InChI=1S/C18H19N3O/c1-13-8-9-16-15(12-13)18(14-6-4-3-5-7-14)20-21(16)11-10-17(22)19-2/h3-9,12H,10-11H2,1-2H3,(H,19,22). The zero-order chi connectivity index (χ0) is 15.5. The van der Waals surface area contributed by atoms with Crippen molar-refractivity contribution in [1.82, 2.24) is 15.1 Å². The topological polar surface area (TPSA) is 46.9 Å². The minimum atomic E-state index is 0.0250. The van der Waals surface area contributed by atoms with Crippen molar-refractivity contribution in [3.8, 4) is 11.3 Å². The van der Waals surface area contributed by atoms with Crippen LogP contribution in [0.3, 0.4) is 0 Å². The van der Waals surface area contributed by atoms with Gasteiger partial charge in [-0.15, -0.1) is 0 Å². The number of fused-ring (bicyclic) bond motifs is 1. The highest BCUT2D eigenvalue weighted by molar-refractivity contribution is 5.93. The second kappa shape index (κ2) is 6.02. The summed E-state index contributed by atoms with van der Waals surface area (Å²) in [6.45, 7) is 2.65. The highest BCUT2D eigenvalue weighted by atomic mass is 16.1. The molecule has 0 aliphatic carbocycles. The molecule has 0 unspecified atom stereocenters. The number of carbonyl (C=O) groups excluding carboxylic acids is 1. The molecule has 1 heterocycles. The summed E-state index contributed by atoms with van der Waals surface area (Å²) < 4.78 is 1.92. The summed E-state index contributed by atoms with van der Waals surface area (Å²) in [6, 6.07) is 16.5. The molecule has 2 aromatic carbocycles. The monoisotopic (exact) mass is 293 g/mol. The first-order chi connectivity index (χ1) is 10.7. The first-order valence-electron chi connectivity index (χ1n) is 7.42. The Morgan fingerprint density at radius 1 is 1.18 bits per heavy atom. The quantitative estimate of drug-likeness (QED) is 0.803. The van der Waals surface area contributed by atoms with E-state index in [0.29, 0.717) is 13.0 Å². The zero-order valence-electron chi connectivity index (χ0n) is 12.8. The van der Waals surface area contributed by atoms with Gasteiger partial charge >= 0.3 is 0 Å². The van der Waals surface area contributed by atoms with E-state index in [1.54, 1.807) is 7.05 Å². The molecule has 0 saturated heterocycles. The maximum Gasteiger partial charge on any atom is 0.221 e. The van der Waals surface area contributed by atoms with Crippen LogP contribution in [0.2, 0.25) is 0 Å². The van der Waals surface area contributed by atoms with Gasteiger partial charge in [0.1, 0.15) is 5.69 Å². The summed E-state index contributed by atoms with van der Waals surface area (Å²) in [7, 11) is 1.66. The lowest BCUT2D eigenvalue weighted by Gasteiger charge is -2.03. The van der Waals surface area contributed by atoms with E-state index >= 15 is 0 Å². The molecular weight excluding hydrogens is 274 g/mol. The van der Waals surface area contributed by atoms with E-state index < -0.39 is 0 Å². The number of amides is 1. The predicted molar refractivity (Wildman–Crippen MR) is 88.6 cm³/mol. The summed E-state index contributed by atoms with van der Waals surface area (Å²) >= 11 is 0. The van der Waals surface area contributed by atoms with Crippen molar-refractivity contribution in [3.63, 3.8) is 0 Å². The third kappa shape index (κ3) is 2.72. The van der Waals surface area contributed by atoms with Gasteiger partial charge in [0.05, 0.1) is 12.1 Å². The number of hydrogen-bond donors (Lipinski definition) is 1. The Labute approximate surface area is 129 Å². The lowest BCUT2D eigenvalue weighted by atomic mass is 10.1. The number of nitrogens with zero attached hydrogens (tertiary/aromatic N) is 2.